The molecule has 0 saturated carbocycles. The molecule has 0 heterocycles. The second-order valence-corrected chi connectivity index (χ2v) is 0.224. The first-order valence-electron chi connectivity index (χ1n) is 0.816. The molecule has 0 saturated heterocycles. The van der Waals surface area contributed by atoms with Gasteiger partial charge in [-0.1, -0.05) is 6.61 Å². The molecule has 0 aromatic carbocycles. The van der Waals surface area contributed by atoms with Crippen LogP contribution in [0, 0.1) is 6.92 Å². The van der Waals surface area contributed by atoms with Crippen LogP contribution < -0.4 is 51.4 Å². The van der Waals surface area contributed by atoms with E-state index < -0.39 is 0 Å². The second-order valence-electron chi connectivity index (χ2n) is 0.224. The SMILES string of the molecule is [CH2-]CO.[K+]. The molecular weight excluding hydrogens is 79.1 g/mol. The Labute approximate surface area is 68.8 Å². The number of aliphatic hydroxyl groups is 1. The Hall–Kier alpha value is 1.60. The minimum absolute atomic E-state index is 0. The third-order valence-electron chi connectivity index (χ3n) is 0. The van der Waals surface area contributed by atoms with Crippen molar-refractivity contribution in [2.24, 2.45) is 0 Å². The van der Waals surface area contributed by atoms with Crippen LogP contribution in [0.4, 0.5) is 0 Å². The molecular formula is C2H5KO. The molecule has 0 aromatic heterocycles. The van der Waals surface area contributed by atoms with Crippen LogP contribution in [0.1, 0.15) is 0 Å². The van der Waals surface area contributed by atoms with Crippen molar-refractivity contribution in [3.8, 4) is 0 Å². The van der Waals surface area contributed by atoms with Gasteiger partial charge in [0.15, 0.2) is 0 Å². The number of hydrogen-bond acceptors (Lipinski definition) is 1. The average molecular weight is 84.2 g/mol. The molecule has 0 spiro atoms. The van der Waals surface area contributed by atoms with Gasteiger partial charge in [0, 0.05) is 0 Å². The van der Waals surface area contributed by atoms with Gasteiger partial charge in [-0.2, -0.15) is 0 Å². The van der Waals surface area contributed by atoms with Gasteiger partial charge in [0.05, 0.1) is 0 Å². The molecule has 20 valence electrons. The first kappa shape index (κ1) is 9.14. The maximum absolute atomic E-state index is 7.46. The van der Waals surface area contributed by atoms with Crippen molar-refractivity contribution in [3.05, 3.63) is 6.92 Å². The van der Waals surface area contributed by atoms with Crippen molar-refractivity contribution < 1.29 is 56.5 Å². The van der Waals surface area contributed by atoms with Gasteiger partial charge in [-0.15, -0.1) is 0 Å². The molecule has 0 bridgehead atoms. The average Bonchev–Trinajstić information content (AvgIpc) is 0.918. The zero-order valence-corrected chi connectivity index (χ0v) is 5.98. The van der Waals surface area contributed by atoms with Crippen molar-refractivity contribution in [2.45, 2.75) is 0 Å². The number of hydrogen-bond donors (Lipinski definition) is 1. The molecule has 0 amide bonds. The molecule has 0 aliphatic heterocycles. The van der Waals surface area contributed by atoms with E-state index >= 15 is 0 Å². The van der Waals surface area contributed by atoms with E-state index in [1.54, 1.807) is 0 Å². The summed E-state index contributed by atoms with van der Waals surface area (Å²) in [6.45, 7) is 3.04. The van der Waals surface area contributed by atoms with E-state index in [1.807, 2.05) is 0 Å². The molecule has 0 radical (unpaired) electrons. The minimum atomic E-state index is 0. The Morgan fingerprint density at radius 2 is 1.75 bits per heavy atom. The first-order chi connectivity index (χ1) is 1.41. The van der Waals surface area contributed by atoms with Crippen molar-refractivity contribution in [1.29, 1.82) is 0 Å². The van der Waals surface area contributed by atoms with Gasteiger partial charge < -0.3 is 12.0 Å². The quantitative estimate of drug-likeness (QED) is 0.242. The Morgan fingerprint density at radius 1 is 1.75 bits per heavy atom. The van der Waals surface area contributed by atoms with Crippen LogP contribution in [0.25, 0.3) is 0 Å². The van der Waals surface area contributed by atoms with Crippen LogP contribution in [-0.4, -0.2) is 11.7 Å². The molecule has 0 atom stereocenters. The Balaban J connectivity index is 0. The largest absolute Gasteiger partial charge is 1.00 e. The third-order valence-corrected chi connectivity index (χ3v) is 0. The van der Waals surface area contributed by atoms with E-state index in [0.29, 0.717) is 0 Å². The smallest absolute Gasteiger partial charge is 0.428 e. The van der Waals surface area contributed by atoms with Crippen molar-refractivity contribution in [1.82, 2.24) is 0 Å². The standard InChI is InChI=1S/C2H5O.K/c1-2-3;/h3H,1-2H2;/q-1;+1. The van der Waals surface area contributed by atoms with Gasteiger partial charge in [0.2, 0.25) is 0 Å². The predicted molar refractivity (Wildman–Crippen MR) is 12.4 cm³/mol. The molecule has 0 aliphatic rings. The van der Waals surface area contributed by atoms with E-state index in [9.17, 15) is 0 Å². The fourth-order valence-corrected chi connectivity index (χ4v) is 0. The molecule has 0 rings (SSSR count). The normalized spacial score (nSPS) is 4.50. The molecule has 0 aliphatic carbocycles. The molecule has 0 fully saturated rings. The molecule has 0 unspecified atom stereocenters. The van der Waals surface area contributed by atoms with Crippen LogP contribution in [0.15, 0.2) is 0 Å². The zero-order chi connectivity index (χ0) is 2.71. The molecule has 2 heteroatoms. The predicted octanol–water partition coefficient (Wildman–Crippen LogP) is -3.18. The first-order valence-corrected chi connectivity index (χ1v) is 0.816. The summed E-state index contributed by atoms with van der Waals surface area (Å²) in [5, 5.41) is 7.46. The molecule has 1 nitrogen and oxygen atoms in total. The van der Waals surface area contributed by atoms with Crippen LogP contribution in [0.2, 0.25) is 0 Å². The fourth-order valence-electron chi connectivity index (χ4n) is 0. The van der Waals surface area contributed by atoms with Gasteiger partial charge >= 0.3 is 51.4 Å². The van der Waals surface area contributed by atoms with Crippen molar-refractivity contribution in [2.75, 3.05) is 6.61 Å². The Kier molecular flexibility index (Phi) is 20.2. The van der Waals surface area contributed by atoms with Crippen molar-refractivity contribution >= 4 is 0 Å². The Bertz CT molecular complexity index is 6.00. The van der Waals surface area contributed by atoms with Crippen LogP contribution in [0.5, 0.6) is 0 Å². The van der Waals surface area contributed by atoms with Crippen LogP contribution in [-0.2, 0) is 0 Å². The summed E-state index contributed by atoms with van der Waals surface area (Å²) in [5.41, 5.74) is 0. The summed E-state index contributed by atoms with van der Waals surface area (Å²) >= 11 is 0. The fraction of sp³-hybridized carbons (Fsp3) is 0.500. The van der Waals surface area contributed by atoms with Gasteiger partial charge in [-0.25, -0.2) is 0 Å². The second kappa shape index (κ2) is 8.82. The topological polar surface area (TPSA) is 20.2 Å². The minimum Gasteiger partial charge on any atom is -0.428 e. The van der Waals surface area contributed by atoms with E-state index in [1.165, 1.54) is 0 Å². The van der Waals surface area contributed by atoms with Gasteiger partial charge in [-0.05, 0) is 0 Å². The molecule has 0 aromatic rings. The maximum Gasteiger partial charge on any atom is 1.00 e. The van der Waals surface area contributed by atoms with Gasteiger partial charge in [0.25, 0.3) is 0 Å². The van der Waals surface area contributed by atoms with Gasteiger partial charge in [-0.3, -0.25) is 0 Å². The number of rotatable bonds is 0. The molecule has 4 heavy (non-hydrogen) atoms. The van der Waals surface area contributed by atoms with E-state index in [-0.39, 0.29) is 58.0 Å². The van der Waals surface area contributed by atoms with Gasteiger partial charge in [0.1, 0.15) is 0 Å². The summed E-state index contributed by atoms with van der Waals surface area (Å²) < 4.78 is 0. The summed E-state index contributed by atoms with van der Waals surface area (Å²) in [4.78, 5) is 0. The van der Waals surface area contributed by atoms with E-state index in [2.05, 4.69) is 6.92 Å². The van der Waals surface area contributed by atoms with E-state index in [4.69, 9.17) is 5.11 Å². The maximum atomic E-state index is 7.46. The summed E-state index contributed by atoms with van der Waals surface area (Å²) in [6.07, 6.45) is 0. The summed E-state index contributed by atoms with van der Waals surface area (Å²) in [5.74, 6) is 0. The third kappa shape index (κ3) is 9.51. The van der Waals surface area contributed by atoms with Crippen LogP contribution >= 0.6 is 0 Å². The Morgan fingerprint density at radius 3 is 1.75 bits per heavy atom. The summed E-state index contributed by atoms with van der Waals surface area (Å²) in [7, 11) is 0. The molecule has 1 N–H and O–H groups in total. The summed E-state index contributed by atoms with van der Waals surface area (Å²) in [6, 6.07) is 0. The number of aliphatic hydroxyl groups excluding tert-OH is 1. The zero-order valence-electron chi connectivity index (χ0n) is 2.86. The van der Waals surface area contributed by atoms with Crippen molar-refractivity contribution in [3.63, 3.8) is 0 Å². The van der Waals surface area contributed by atoms with E-state index in [0.717, 1.165) is 0 Å². The monoisotopic (exact) mass is 84.0 g/mol. The van der Waals surface area contributed by atoms with Crippen LogP contribution in [0.3, 0.4) is 0 Å².